The zero-order valence-corrected chi connectivity index (χ0v) is 26.2. The number of nitrogens with zero attached hydrogens (tertiary/aromatic N) is 6. The van der Waals surface area contributed by atoms with Crippen LogP contribution < -0.4 is 21.3 Å². The number of hydrogen-bond donors (Lipinski definition) is 4. The lowest BCUT2D eigenvalue weighted by Gasteiger charge is -2.33. The fourth-order valence-electron chi connectivity index (χ4n) is 6.22. The third kappa shape index (κ3) is 7.75. The largest absolute Gasteiger partial charge is 0.354 e. The van der Waals surface area contributed by atoms with Crippen molar-refractivity contribution < 1.29 is 9.59 Å². The molecular formula is C34H42N10O2. The number of nitrogens with one attached hydrogen (secondary N) is 3. The summed E-state index contributed by atoms with van der Waals surface area (Å²) in [6.07, 6.45) is 5.72. The molecule has 0 unspecified atom stereocenters. The maximum atomic E-state index is 13.6. The summed E-state index contributed by atoms with van der Waals surface area (Å²) in [6.45, 7) is 4.67. The van der Waals surface area contributed by atoms with Gasteiger partial charge < -0.3 is 26.2 Å². The summed E-state index contributed by atoms with van der Waals surface area (Å²) in [5, 5.41) is 20.1. The zero-order chi connectivity index (χ0) is 31.9. The van der Waals surface area contributed by atoms with Crippen LogP contribution in [-0.2, 0) is 16.0 Å². The molecule has 1 aliphatic carbocycles. The molecule has 2 aromatic heterocycles. The zero-order valence-electron chi connectivity index (χ0n) is 26.2. The summed E-state index contributed by atoms with van der Waals surface area (Å²) in [5.41, 5.74) is 10.3. The van der Waals surface area contributed by atoms with Crippen molar-refractivity contribution in [1.29, 1.82) is 0 Å². The average Bonchev–Trinajstić information content (AvgIpc) is 3.64. The van der Waals surface area contributed by atoms with Gasteiger partial charge in [0, 0.05) is 61.5 Å². The third-order valence-corrected chi connectivity index (χ3v) is 9.24. The second kappa shape index (κ2) is 14.6. The van der Waals surface area contributed by atoms with E-state index < -0.39 is 6.04 Å². The van der Waals surface area contributed by atoms with Crippen LogP contribution in [0.1, 0.15) is 31.2 Å². The molecule has 240 valence electrons. The minimum Gasteiger partial charge on any atom is -0.354 e. The van der Waals surface area contributed by atoms with Crippen molar-refractivity contribution in [3.05, 3.63) is 72.4 Å². The van der Waals surface area contributed by atoms with Gasteiger partial charge in [-0.05, 0) is 97.9 Å². The maximum Gasteiger partial charge on any atom is 0.247 e. The van der Waals surface area contributed by atoms with Crippen LogP contribution in [0, 0.1) is 11.8 Å². The summed E-state index contributed by atoms with van der Waals surface area (Å²) >= 11 is 0. The number of anilines is 2. The Balaban J connectivity index is 1.13. The van der Waals surface area contributed by atoms with Crippen molar-refractivity contribution in [2.24, 2.45) is 17.6 Å². The first-order valence-electron chi connectivity index (χ1n) is 16.1. The van der Waals surface area contributed by atoms with E-state index in [0.29, 0.717) is 30.4 Å². The van der Waals surface area contributed by atoms with Gasteiger partial charge in [0.25, 0.3) is 0 Å². The van der Waals surface area contributed by atoms with E-state index in [2.05, 4.69) is 60.2 Å². The fraction of sp³-hybridized carbons (Fsp3) is 0.412. The van der Waals surface area contributed by atoms with Crippen molar-refractivity contribution in [3.8, 4) is 22.5 Å². The molecule has 1 atom stereocenters. The van der Waals surface area contributed by atoms with Crippen molar-refractivity contribution in [2.45, 2.75) is 38.1 Å². The lowest BCUT2D eigenvalue weighted by atomic mass is 9.81. The van der Waals surface area contributed by atoms with Gasteiger partial charge in [-0.2, -0.15) is 5.21 Å². The number of aromatic amines is 1. The molecule has 2 fully saturated rings. The number of carbonyl (C=O) groups excluding carboxylic acids is 2. The smallest absolute Gasteiger partial charge is 0.247 e. The van der Waals surface area contributed by atoms with E-state index in [0.717, 1.165) is 79.9 Å². The number of piperazine rings is 1. The number of tetrazole rings is 1. The molecule has 2 aliphatic rings. The Morgan fingerprint density at radius 1 is 0.913 bits per heavy atom. The van der Waals surface area contributed by atoms with Crippen LogP contribution in [0.2, 0.25) is 0 Å². The summed E-state index contributed by atoms with van der Waals surface area (Å²) in [4.78, 5) is 36.4. The molecule has 12 heteroatoms. The van der Waals surface area contributed by atoms with Gasteiger partial charge in [-0.1, -0.05) is 24.3 Å². The molecule has 3 heterocycles. The topological polar surface area (TPSA) is 158 Å². The van der Waals surface area contributed by atoms with Crippen LogP contribution in [0.25, 0.3) is 22.5 Å². The van der Waals surface area contributed by atoms with Crippen molar-refractivity contribution in [1.82, 2.24) is 35.8 Å². The first-order chi connectivity index (χ1) is 22.4. The predicted octanol–water partition coefficient (Wildman–Crippen LogP) is 3.11. The number of pyridine rings is 1. The number of aromatic nitrogens is 5. The maximum absolute atomic E-state index is 13.6. The van der Waals surface area contributed by atoms with Gasteiger partial charge in [-0.25, -0.2) is 4.98 Å². The first kappa shape index (κ1) is 31.3. The molecule has 0 radical (unpaired) electrons. The predicted molar refractivity (Wildman–Crippen MR) is 178 cm³/mol. The molecule has 0 spiro atoms. The minimum atomic E-state index is -0.744. The van der Waals surface area contributed by atoms with Gasteiger partial charge >= 0.3 is 0 Å². The number of likely N-dealkylation sites (N-methyl/N-ethyl adjacent to an activating group) is 1. The van der Waals surface area contributed by atoms with E-state index in [1.807, 2.05) is 42.6 Å². The Bertz CT molecular complexity index is 1560. The number of H-pyrrole nitrogens is 1. The number of benzene rings is 2. The SMILES string of the molecule is CN1CCN(c2ccc(-c3ccc(C[C@H](NC(=O)C4CCC(CN)CC4)C(=O)Nc4ccc(-c5nn[nH]n5)cc4)cc3)cn2)CC1. The first-order valence-corrected chi connectivity index (χ1v) is 16.1. The van der Waals surface area contributed by atoms with Gasteiger partial charge in [-0.15, -0.1) is 10.2 Å². The van der Waals surface area contributed by atoms with Gasteiger partial charge in [0.1, 0.15) is 11.9 Å². The molecule has 1 saturated carbocycles. The highest BCUT2D eigenvalue weighted by Crippen LogP contribution is 2.29. The summed E-state index contributed by atoms with van der Waals surface area (Å²) in [7, 11) is 2.15. The van der Waals surface area contributed by atoms with Gasteiger partial charge in [0.05, 0.1) is 0 Å². The van der Waals surface area contributed by atoms with E-state index in [4.69, 9.17) is 10.7 Å². The van der Waals surface area contributed by atoms with Crippen LogP contribution in [0.4, 0.5) is 11.5 Å². The Hall–Kier alpha value is -4.68. The van der Waals surface area contributed by atoms with Gasteiger partial charge in [-0.3, -0.25) is 9.59 Å². The highest BCUT2D eigenvalue weighted by atomic mass is 16.2. The van der Waals surface area contributed by atoms with Crippen LogP contribution in [-0.4, -0.2) is 88.1 Å². The molecule has 2 amide bonds. The number of nitrogens with two attached hydrogens (primary N) is 1. The van der Waals surface area contributed by atoms with E-state index in [9.17, 15) is 9.59 Å². The number of hydrogen-bond acceptors (Lipinski definition) is 9. The van der Waals surface area contributed by atoms with Crippen molar-refractivity contribution in [2.75, 3.05) is 50.0 Å². The number of carbonyl (C=O) groups is 2. The Kier molecular flexibility index (Phi) is 9.94. The monoisotopic (exact) mass is 622 g/mol. The Labute approximate surface area is 269 Å². The average molecular weight is 623 g/mol. The van der Waals surface area contributed by atoms with Crippen LogP contribution in [0.15, 0.2) is 66.9 Å². The minimum absolute atomic E-state index is 0.0776. The third-order valence-electron chi connectivity index (χ3n) is 9.24. The quantitative estimate of drug-likeness (QED) is 0.209. The summed E-state index contributed by atoms with van der Waals surface area (Å²) < 4.78 is 0. The highest BCUT2D eigenvalue weighted by Gasteiger charge is 2.29. The van der Waals surface area contributed by atoms with E-state index in [-0.39, 0.29) is 17.7 Å². The summed E-state index contributed by atoms with van der Waals surface area (Å²) in [6, 6.07) is 18.8. The molecule has 5 N–H and O–H groups in total. The normalized spacial score (nSPS) is 19.4. The Morgan fingerprint density at radius 3 is 2.24 bits per heavy atom. The standard InChI is InChI=1S/C34H42N10O2/c1-43-16-18-44(19-17-43)31-15-12-28(22-36-31)25-6-2-23(3-7-25)20-30(38-33(45)27-8-4-24(21-35)5-9-27)34(46)37-29-13-10-26(11-14-29)32-39-41-42-40-32/h2-3,6-7,10-15,22,24,27,30H,4-5,8-9,16-21,35H2,1H3,(H,37,46)(H,38,45)(H,39,40,41,42)/t24?,27?,30-/m0/s1. The molecule has 46 heavy (non-hydrogen) atoms. The van der Waals surface area contributed by atoms with Gasteiger partial charge in [0.2, 0.25) is 17.6 Å². The van der Waals surface area contributed by atoms with E-state index >= 15 is 0 Å². The molecule has 6 rings (SSSR count). The lowest BCUT2D eigenvalue weighted by molar-refractivity contribution is -0.130. The Morgan fingerprint density at radius 2 is 1.61 bits per heavy atom. The van der Waals surface area contributed by atoms with E-state index in [1.54, 1.807) is 12.1 Å². The number of rotatable bonds is 10. The molecule has 1 saturated heterocycles. The summed E-state index contributed by atoms with van der Waals surface area (Å²) in [5.74, 6) is 1.47. The van der Waals surface area contributed by atoms with Gasteiger partial charge in [0.15, 0.2) is 0 Å². The van der Waals surface area contributed by atoms with Crippen molar-refractivity contribution >= 4 is 23.3 Å². The fourth-order valence-corrected chi connectivity index (χ4v) is 6.22. The second-order valence-electron chi connectivity index (χ2n) is 12.4. The van der Waals surface area contributed by atoms with E-state index in [1.165, 1.54) is 0 Å². The molecule has 4 aromatic rings. The van der Waals surface area contributed by atoms with Crippen LogP contribution in [0.3, 0.4) is 0 Å². The molecule has 12 nitrogen and oxygen atoms in total. The van der Waals surface area contributed by atoms with Crippen molar-refractivity contribution in [3.63, 3.8) is 0 Å². The molecular weight excluding hydrogens is 580 g/mol. The highest BCUT2D eigenvalue weighted by molar-refractivity contribution is 5.97. The van der Waals surface area contributed by atoms with Crippen LogP contribution in [0.5, 0.6) is 0 Å². The molecule has 1 aliphatic heterocycles. The number of amides is 2. The molecule has 0 bridgehead atoms. The second-order valence-corrected chi connectivity index (χ2v) is 12.4. The lowest BCUT2D eigenvalue weighted by Crippen LogP contribution is -2.48. The molecule has 2 aromatic carbocycles. The van der Waals surface area contributed by atoms with Crippen LogP contribution >= 0.6 is 0 Å².